The number of carbonyl (C=O) groups is 2. The summed E-state index contributed by atoms with van der Waals surface area (Å²) in [4.78, 5) is 22.4. The quantitative estimate of drug-likeness (QED) is 0.634. The third kappa shape index (κ3) is 2.34. The fourth-order valence-electron chi connectivity index (χ4n) is 1.23. The van der Waals surface area contributed by atoms with Crippen LogP contribution in [0.25, 0.3) is 0 Å². The summed E-state index contributed by atoms with van der Waals surface area (Å²) in [6, 6.07) is -0.689. The molecule has 0 spiro atoms. The van der Waals surface area contributed by atoms with Gasteiger partial charge in [0, 0.05) is 5.69 Å². The van der Waals surface area contributed by atoms with Crippen LogP contribution in [-0.2, 0) is 4.79 Å². The number of amides is 2. The first kappa shape index (κ1) is 11.2. The van der Waals surface area contributed by atoms with Gasteiger partial charge in [-0.05, 0) is 20.8 Å². The Balaban J connectivity index is 2.82. The lowest BCUT2D eigenvalue weighted by molar-refractivity contribution is -0.119. The average molecular weight is 210 g/mol. The average Bonchev–Trinajstić information content (AvgIpc) is 2.45. The van der Waals surface area contributed by atoms with E-state index in [1.807, 2.05) is 0 Å². The largest absolute Gasteiger partial charge is 0.368 e. The Morgan fingerprint density at radius 2 is 2.07 bits per heavy atom. The van der Waals surface area contributed by atoms with E-state index in [0.717, 1.165) is 0 Å². The van der Waals surface area contributed by atoms with Gasteiger partial charge in [-0.2, -0.15) is 5.10 Å². The van der Waals surface area contributed by atoms with Gasteiger partial charge in [0.25, 0.3) is 5.91 Å². The van der Waals surface area contributed by atoms with Crippen molar-refractivity contribution in [2.45, 2.75) is 26.8 Å². The smallest absolute Gasteiger partial charge is 0.255 e. The number of aromatic amines is 1. The summed E-state index contributed by atoms with van der Waals surface area (Å²) in [7, 11) is 0. The molecule has 4 N–H and O–H groups in total. The predicted octanol–water partition coefficient (Wildman–Crippen LogP) is -0.370. The normalized spacial score (nSPS) is 12.2. The highest BCUT2D eigenvalue weighted by Crippen LogP contribution is 2.08. The summed E-state index contributed by atoms with van der Waals surface area (Å²) in [5.74, 6) is -0.910. The lowest BCUT2D eigenvalue weighted by Gasteiger charge is -2.09. The lowest BCUT2D eigenvalue weighted by Crippen LogP contribution is -2.42. The van der Waals surface area contributed by atoms with E-state index < -0.39 is 11.9 Å². The molecule has 0 aromatic carbocycles. The van der Waals surface area contributed by atoms with Crippen molar-refractivity contribution < 1.29 is 9.59 Å². The van der Waals surface area contributed by atoms with E-state index in [1.165, 1.54) is 6.92 Å². The second-order valence-corrected chi connectivity index (χ2v) is 3.41. The van der Waals surface area contributed by atoms with Crippen LogP contribution in [-0.4, -0.2) is 28.1 Å². The second-order valence-electron chi connectivity index (χ2n) is 3.41. The molecule has 1 aromatic heterocycles. The van der Waals surface area contributed by atoms with Gasteiger partial charge in [-0.15, -0.1) is 0 Å². The van der Waals surface area contributed by atoms with Crippen LogP contribution in [0.5, 0.6) is 0 Å². The molecule has 0 bridgehead atoms. The molecule has 1 heterocycles. The van der Waals surface area contributed by atoms with Crippen LogP contribution in [0.3, 0.4) is 0 Å². The minimum atomic E-state index is -0.689. The van der Waals surface area contributed by atoms with Crippen molar-refractivity contribution in [3.63, 3.8) is 0 Å². The van der Waals surface area contributed by atoms with E-state index >= 15 is 0 Å². The number of aromatic nitrogens is 2. The van der Waals surface area contributed by atoms with Crippen molar-refractivity contribution in [2.24, 2.45) is 5.73 Å². The van der Waals surface area contributed by atoms with Crippen molar-refractivity contribution in [1.29, 1.82) is 0 Å². The molecule has 0 aliphatic carbocycles. The van der Waals surface area contributed by atoms with Gasteiger partial charge in [0.15, 0.2) is 0 Å². The molecule has 1 atom stereocenters. The SMILES string of the molecule is Cc1n[nH]c(C)c1C(=O)NC(C)C(N)=O. The molecule has 0 fully saturated rings. The maximum atomic E-state index is 11.7. The highest BCUT2D eigenvalue weighted by Gasteiger charge is 2.18. The Morgan fingerprint density at radius 1 is 1.47 bits per heavy atom. The highest BCUT2D eigenvalue weighted by atomic mass is 16.2. The number of carbonyl (C=O) groups excluding carboxylic acids is 2. The number of primary amides is 1. The molecule has 1 unspecified atom stereocenters. The van der Waals surface area contributed by atoms with Gasteiger partial charge in [0.05, 0.1) is 11.3 Å². The van der Waals surface area contributed by atoms with E-state index in [2.05, 4.69) is 15.5 Å². The Bertz CT molecular complexity index is 377. The molecule has 82 valence electrons. The molecule has 0 aliphatic rings. The van der Waals surface area contributed by atoms with E-state index in [4.69, 9.17) is 5.73 Å². The molecular formula is C9H14N4O2. The van der Waals surface area contributed by atoms with E-state index in [1.54, 1.807) is 13.8 Å². The molecule has 1 aromatic rings. The summed E-state index contributed by atoms with van der Waals surface area (Å²) in [5.41, 5.74) is 6.76. The zero-order valence-corrected chi connectivity index (χ0v) is 8.92. The number of aryl methyl sites for hydroxylation is 2. The molecule has 0 saturated carbocycles. The molecule has 6 heteroatoms. The van der Waals surface area contributed by atoms with Gasteiger partial charge in [-0.1, -0.05) is 0 Å². The van der Waals surface area contributed by atoms with Crippen molar-refractivity contribution in [1.82, 2.24) is 15.5 Å². The van der Waals surface area contributed by atoms with E-state index in [9.17, 15) is 9.59 Å². The number of H-pyrrole nitrogens is 1. The summed E-state index contributed by atoms with van der Waals surface area (Å²) in [6.45, 7) is 4.99. The summed E-state index contributed by atoms with van der Waals surface area (Å²) < 4.78 is 0. The topological polar surface area (TPSA) is 101 Å². The standard InChI is InChI=1S/C9H14N4O2/c1-4-7(5(2)13-12-4)9(15)11-6(3)8(10)14/h6H,1-3H3,(H2,10,14)(H,11,15)(H,12,13). The van der Waals surface area contributed by atoms with Gasteiger partial charge in [0.2, 0.25) is 5.91 Å². The van der Waals surface area contributed by atoms with Crippen molar-refractivity contribution >= 4 is 11.8 Å². The molecular weight excluding hydrogens is 196 g/mol. The number of nitrogens with zero attached hydrogens (tertiary/aromatic N) is 1. The Hall–Kier alpha value is -1.85. The second kappa shape index (κ2) is 4.12. The number of hydrogen-bond acceptors (Lipinski definition) is 3. The number of nitrogens with two attached hydrogens (primary N) is 1. The summed E-state index contributed by atoms with van der Waals surface area (Å²) in [6.07, 6.45) is 0. The van der Waals surface area contributed by atoms with Crippen LogP contribution in [0.4, 0.5) is 0 Å². The number of nitrogens with one attached hydrogen (secondary N) is 2. The minimum Gasteiger partial charge on any atom is -0.368 e. The van der Waals surface area contributed by atoms with Crippen LogP contribution < -0.4 is 11.1 Å². The van der Waals surface area contributed by atoms with Gasteiger partial charge in [0.1, 0.15) is 6.04 Å². The first-order valence-corrected chi connectivity index (χ1v) is 4.55. The Labute approximate surface area is 87.2 Å². The minimum absolute atomic E-state index is 0.343. The van der Waals surface area contributed by atoms with Gasteiger partial charge >= 0.3 is 0 Å². The van der Waals surface area contributed by atoms with Crippen LogP contribution >= 0.6 is 0 Å². The van der Waals surface area contributed by atoms with Gasteiger partial charge < -0.3 is 11.1 Å². The molecule has 0 aliphatic heterocycles. The highest BCUT2D eigenvalue weighted by molar-refractivity contribution is 5.98. The first-order valence-electron chi connectivity index (χ1n) is 4.55. The predicted molar refractivity (Wildman–Crippen MR) is 54.2 cm³/mol. The zero-order valence-electron chi connectivity index (χ0n) is 8.92. The monoisotopic (exact) mass is 210 g/mol. The molecule has 0 radical (unpaired) electrons. The number of rotatable bonds is 3. The van der Waals surface area contributed by atoms with Crippen molar-refractivity contribution in [3.8, 4) is 0 Å². The molecule has 0 saturated heterocycles. The number of hydrogen-bond donors (Lipinski definition) is 3. The molecule has 15 heavy (non-hydrogen) atoms. The summed E-state index contributed by atoms with van der Waals surface area (Å²) in [5, 5.41) is 9.07. The maximum Gasteiger partial charge on any atom is 0.255 e. The van der Waals surface area contributed by atoms with Crippen LogP contribution in [0.1, 0.15) is 28.7 Å². The lowest BCUT2D eigenvalue weighted by atomic mass is 10.1. The first-order chi connectivity index (χ1) is 6.93. The van der Waals surface area contributed by atoms with Crippen LogP contribution in [0.2, 0.25) is 0 Å². The van der Waals surface area contributed by atoms with Crippen LogP contribution in [0, 0.1) is 13.8 Å². The van der Waals surface area contributed by atoms with Crippen molar-refractivity contribution in [3.05, 3.63) is 17.0 Å². The molecule has 6 nitrogen and oxygen atoms in total. The fraction of sp³-hybridized carbons (Fsp3) is 0.444. The third-order valence-corrected chi connectivity index (χ3v) is 2.13. The Kier molecular flexibility index (Phi) is 3.08. The van der Waals surface area contributed by atoms with Gasteiger partial charge in [-0.25, -0.2) is 0 Å². The zero-order chi connectivity index (χ0) is 11.6. The fourth-order valence-corrected chi connectivity index (χ4v) is 1.23. The third-order valence-electron chi connectivity index (χ3n) is 2.13. The summed E-state index contributed by atoms with van der Waals surface area (Å²) >= 11 is 0. The van der Waals surface area contributed by atoms with Crippen molar-refractivity contribution in [2.75, 3.05) is 0 Å². The molecule has 1 rings (SSSR count). The Morgan fingerprint density at radius 3 is 2.47 bits per heavy atom. The maximum absolute atomic E-state index is 11.7. The molecule has 2 amide bonds. The van der Waals surface area contributed by atoms with Crippen LogP contribution in [0.15, 0.2) is 0 Å². The van der Waals surface area contributed by atoms with E-state index in [0.29, 0.717) is 17.0 Å². The van der Waals surface area contributed by atoms with Gasteiger partial charge in [-0.3, -0.25) is 14.7 Å². The van der Waals surface area contributed by atoms with E-state index in [-0.39, 0.29) is 5.91 Å².